The molecular weight excluding hydrogens is 488 g/mol. The monoisotopic (exact) mass is 510 g/mol. The summed E-state index contributed by atoms with van der Waals surface area (Å²) in [5.41, 5.74) is 3.13. The molecule has 0 aliphatic heterocycles. The fourth-order valence-electron chi connectivity index (χ4n) is 4.48. The van der Waals surface area contributed by atoms with Crippen LogP contribution >= 0.6 is 0 Å². The number of carbonyl (C=O) groups is 2. The number of carboxylic acids is 1. The standard InChI is InChI=1S/C27H22N6O5/c1-16(17-5-3-2-4-6-17)37-26(36)32-21-14-31-38-22(21)24-28-13-20(23-29-15-30-33(23)24)18-7-9-19(10-8-18)27(11-12-27)25(34)35/h2-10,13-16H,11-12H2,1H3,(H,32,36)(H,34,35). The molecule has 11 nitrogen and oxygen atoms in total. The van der Waals surface area contributed by atoms with E-state index >= 15 is 0 Å². The highest BCUT2D eigenvalue weighted by atomic mass is 16.6. The number of anilines is 1. The van der Waals surface area contributed by atoms with E-state index in [0.29, 0.717) is 24.1 Å². The number of aromatic nitrogens is 5. The number of carboxylic acid groups (broad SMARTS) is 1. The van der Waals surface area contributed by atoms with Gasteiger partial charge in [0, 0.05) is 11.8 Å². The summed E-state index contributed by atoms with van der Waals surface area (Å²) >= 11 is 0. The van der Waals surface area contributed by atoms with Gasteiger partial charge in [-0.05, 0) is 36.5 Å². The molecule has 1 fully saturated rings. The SMILES string of the molecule is CC(OC(=O)Nc1cnoc1-c1ncc(-c2ccc(C3(C(=O)O)CC3)cc2)c2ncnn12)c1ccccc1. The Morgan fingerprint density at radius 3 is 2.55 bits per heavy atom. The molecule has 1 saturated carbocycles. The molecule has 2 aromatic carbocycles. The number of benzene rings is 2. The van der Waals surface area contributed by atoms with Gasteiger partial charge in [-0.25, -0.2) is 14.8 Å². The normalized spacial score (nSPS) is 14.7. The molecule has 3 aromatic heterocycles. The summed E-state index contributed by atoms with van der Waals surface area (Å²) < 4.78 is 12.4. The maximum absolute atomic E-state index is 12.6. The van der Waals surface area contributed by atoms with E-state index < -0.39 is 23.6 Å². The van der Waals surface area contributed by atoms with Gasteiger partial charge >= 0.3 is 12.1 Å². The molecule has 11 heteroatoms. The van der Waals surface area contributed by atoms with Gasteiger partial charge in [-0.15, -0.1) is 0 Å². The third-order valence-electron chi connectivity index (χ3n) is 6.78. The summed E-state index contributed by atoms with van der Waals surface area (Å²) in [6, 6.07) is 16.8. The van der Waals surface area contributed by atoms with E-state index in [2.05, 4.69) is 25.5 Å². The average molecular weight is 511 g/mol. The summed E-state index contributed by atoms with van der Waals surface area (Å²) in [5, 5.41) is 20.3. The maximum atomic E-state index is 12.6. The Bertz CT molecular complexity index is 1640. The van der Waals surface area contributed by atoms with Crippen LogP contribution in [0.3, 0.4) is 0 Å². The third-order valence-corrected chi connectivity index (χ3v) is 6.78. The quantitative estimate of drug-likeness (QED) is 0.313. The summed E-state index contributed by atoms with van der Waals surface area (Å²) in [6.07, 6.45) is 4.51. The number of carbonyl (C=O) groups excluding carboxylic acids is 1. The molecular formula is C27H22N6O5. The van der Waals surface area contributed by atoms with E-state index in [1.165, 1.54) is 17.0 Å². The molecule has 0 spiro atoms. The Morgan fingerprint density at radius 1 is 1.08 bits per heavy atom. The van der Waals surface area contributed by atoms with Gasteiger partial charge in [0.1, 0.15) is 18.1 Å². The first kappa shape index (κ1) is 23.3. The minimum atomic E-state index is -0.800. The van der Waals surface area contributed by atoms with Crippen LogP contribution in [0.25, 0.3) is 28.4 Å². The fraction of sp³-hybridized carbons (Fsp3) is 0.185. The zero-order valence-electron chi connectivity index (χ0n) is 20.2. The molecule has 0 saturated heterocycles. The molecule has 0 radical (unpaired) electrons. The Kier molecular flexibility index (Phi) is 5.60. The van der Waals surface area contributed by atoms with Crippen LogP contribution in [-0.2, 0) is 14.9 Å². The second-order valence-corrected chi connectivity index (χ2v) is 9.11. The van der Waals surface area contributed by atoms with E-state index in [1.54, 1.807) is 13.1 Å². The van der Waals surface area contributed by atoms with Crippen LogP contribution < -0.4 is 5.32 Å². The number of ether oxygens (including phenoxy) is 1. The molecule has 38 heavy (non-hydrogen) atoms. The van der Waals surface area contributed by atoms with Crippen LogP contribution in [0.2, 0.25) is 0 Å². The lowest BCUT2D eigenvalue weighted by molar-refractivity contribution is -0.140. The second kappa shape index (κ2) is 9.11. The lowest BCUT2D eigenvalue weighted by atomic mass is 9.94. The molecule has 0 bridgehead atoms. The van der Waals surface area contributed by atoms with Gasteiger partial charge in [-0.3, -0.25) is 10.1 Å². The molecule has 1 unspecified atom stereocenters. The van der Waals surface area contributed by atoms with Crippen molar-refractivity contribution >= 4 is 23.4 Å². The van der Waals surface area contributed by atoms with E-state index in [-0.39, 0.29) is 17.3 Å². The smallest absolute Gasteiger partial charge is 0.412 e. The molecule has 190 valence electrons. The molecule has 1 aliphatic rings. The van der Waals surface area contributed by atoms with Crippen molar-refractivity contribution in [1.29, 1.82) is 0 Å². The summed E-state index contributed by atoms with van der Waals surface area (Å²) in [6.45, 7) is 1.78. The summed E-state index contributed by atoms with van der Waals surface area (Å²) in [7, 11) is 0. The number of nitrogens with zero attached hydrogens (tertiary/aromatic N) is 5. The molecule has 5 aromatic rings. The summed E-state index contributed by atoms with van der Waals surface area (Å²) in [4.78, 5) is 33.2. The van der Waals surface area contributed by atoms with Crippen molar-refractivity contribution in [2.24, 2.45) is 0 Å². The van der Waals surface area contributed by atoms with Gasteiger partial charge in [-0.1, -0.05) is 59.8 Å². The highest BCUT2D eigenvalue weighted by Crippen LogP contribution is 2.48. The maximum Gasteiger partial charge on any atom is 0.412 e. The van der Waals surface area contributed by atoms with E-state index in [9.17, 15) is 14.7 Å². The number of amides is 1. The topological polar surface area (TPSA) is 145 Å². The number of nitrogens with one attached hydrogen (secondary N) is 1. The van der Waals surface area contributed by atoms with Crippen LogP contribution in [0.15, 0.2) is 77.8 Å². The number of fused-ring (bicyclic) bond motifs is 1. The third kappa shape index (κ3) is 4.03. The highest BCUT2D eigenvalue weighted by molar-refractivity contribution is 5.89. The lowest BCUT2D eigenvalue weighted by Crippen LogP contribution is -2.19. The van der Waals surface area contributed by atoms with Gasteiger partial charge in [0.2, 0.25) is 11.6 Å². The van der Waals surface area contributed by atoms with Crippen molar-refractivity contribution in [2.75, 3.05) is 5.32 Å². The minimum Gasteiger partial charge on any atom is -0.481 e. The van der Waals surface area contributed by atoms with Gasteiger partial charge in [0.25, 0.3) is 0 Å². The fourth-order valence-corrected chi connectivity index (χ4v) is 4.48. The predicted octanol–water partition coefficient (Wildman–Crippen LogP) is 4.87. The highest BCUT2D eigenvalue weighted by Gasteiger charge is 2.51. The first-order valence-corrected chi connectivity index (χ1v) is 12.0. The molecule has 6 rings (SSSR count). The van der Waals surface area contributed by atoms with Crippen molar-refractivity contribution in [3.8, 4) is 22.7 Å². The van der Waals surface area contributed by atoms with Crippen molar-refractivity contribution in [1.82, 2.24) is 24.7 Å². The van der Waals surface area contributed by atoms with Crippen molar-refractivity contribution in [3.63, 3.8) is 0 Å². The lowest BCUT2D eigenvalue weighted by Gasteiger charge is -2.14. The second-order valence-electron chi connectivity index (χ2n) is 9.11. The van der Waals surface area contributed by atoms with Gasteiger partial charge in [0.15, 0.2) is 5.65 Å². The molecule has 1 amide bonds. The van der Waals surface area contributed by atoms with Crippen LogP contribution in [0.4, 0.5) is 10.5 Å². The first-order valence-electron chi connectivity index (χ1n) is 12.0. The van der Waals surface area contributed by atoms with Crippen molar-refractivity contribution in [2.45, 2.75) is 31.3 Å². The van der Waals surface area contributed by atoms with Gasteiger partial charge < -0.3 is 14.4 Å². The zero-order chi connectivity index (χ0) is 26.3. The molecule has 2 N–H and O–H groups in total. The number of aliphatic carboxylic acids is 1. The number of hydrogen-bond acceptors (Lipinski definition) is 8. The molecule has 1 aliphatic carbocycles. The van der Waals surface area contributed by atoms with E-state index in [1.807, 2.05) is 54.6 Å². The zero-order valence-corrected chi connectivity index (χ0v) is 20.2. The van der Waals surface area contributed by atoms with Crippen molar-refractivity contribution < 1.29 is 24.0 Å². The van der Waals surface area contributed by atoms with Crippen LogP contribution in [0.1, 0.15) is 37.0 Å². The Hall–Kier alpha value is -5.06. The minimum absolute atomic E-state index is 0.184. The average Bonchev–Trinajstić information content (AvgIpc) is 3.38. The van der Waals surface area contributed by atoms with Gasteiger partial charge in [-0.2, -0.15) is 9.61 Å². The predicted molar refractivity (Wildman–Crippen MR) is 135 cm³/mol. The van der Waals surface area contributed by atoms with Crippen LogP contribution in [-0.4, -0.2) is 41.9 Å². The molecule has 1 atom stereocenters. The molecule has 3 heterocycles. The summed E-state index contributed by atoms with van der Waals surface area (Å²) in [5.74, 6) is -0.334. The van der Waals surface area contributed by atoms with Gasteiger partial charge in [0.05, 0.1) is 11.6 Å². The largest absolute Gasteiger partial charge is 0.481 e. The Morgan fingerprint density at radius 2 is 1.84 bits per heavy atom. The first-order chi connectivity index (χ1) is 18.5. The number of hydrogen-bond donors (Lipinski definition) is 2. The van der Waals surface area contributed by atoms with Crippen molar-refractivity contribution in [3.05, 3.63) is 84.4 Å². The van der Waals surface area contributed by atoms with Crippen LogP contribution in [0, 0.1) is 0 Å². The number of rotatable bonds is 7. The Labute approximate surface area is 216 Å². The van der Waals surface area contributed by atoms with Crippen LogP contribution in [0.5, 0.6) is 0 Å². The van der Waals surface area contributed by atoms with E-state index in [4.69, 9.17) is 9.26 Å². The van der Waals surface area contributed by atoms with E-state index in [0.717, 1.165) is 16.7 Å². The Balaban J connectivity index is 1.26.